The zero-order valence-corrected chi connectivity index (χ0v) is 18.3. The molecule has 1 fully saturated rings. The molecule has 0 saturated carbocycles. The maximum Gasteiger partial charge on any atom is 0.243 e. The first-order valence-electron chi connectivity index (χ1n) is 10.5. The number of likely N-dealkylation sites (tertiary alicyclic amines) is 1. The number of rotatable bonds is 8. The average molecular weight is 427 g/mol. The smallest absolute Gasteiger partial charge is 0.243 e. The molecule has 1 atom stereocenters. The van der Waals surface area contributed by atoms with E-state index >= 15 is 0 Å². The van der Waals surface area contributed by atoms with E-state index in [0.717, 1.165) is 29.7 Å². The lowest BCUT2D eigenvalue weighted by Crippen LogP contribution is -2.48. The molecule has 0 bridgehead atoms. The summed E-state index contributed by atoms with van der Waals surface area (Å²) in [4.78, 5) is 27.6. The van der Waals surface area contributed by atoms with Gasteiger partial charge in [-0.1, -0.05) is 18.6 Å². The molecular formula is C24H30N2O5. The third kappa shape index (κ3) is 5.90. The molecular weight excluding hydrogens is 396 g/mol. The summed E-state index contributed by atoms with van der Waals surface area (Å²) in [5.74, 6) is 1.90. The van der Waals surface area contributed by atoms with E-state index in [1.807, 2.05) is 36.4 Å². The Morgan fingerprint density at radius 3 is 2.32 bits per heavy atom. The summed E-state index contributed by atoms with van der Waals surface area (Å²) in [6, 6.07) is 12.6. The fourth-order valence-electron chi connectivity index (χ4n) is 3.80. The van der Waals surface area contributed by atoms with E-state index in [1.54, 1.807) is 32.3 Å². The summed E-state index contributed by atoms with van der Waals surface area (Å²) in [7, 11) is 4.79. The van der Waals surface area contributed by atoms with Crippen LogP contribution in [0.25, 0.3) is 0 Å². The molecule has 0 radical (unpaired) electrons. The number of methoxy groups -OCH3 is 3. The van der Waals surface area contributed by atoms with Gasteiger partial charge in [0.25, 0.3) is 0 Å². The van der Waals surface area contributed by atoms with Crippen molar-refractivity contribution in [2.45, 2.75) is 44.8 Å². The minimum Gasteiger partial charge on any atom is -0.497 e. The van der Waals surface area contributed by atoms with Crippen LogP contribution in [-0.2, 0) is 22.7 Å². The Morgan fingerprint density at radius 2 is 1.65 bits per heavy atom. The molecule has 0 spiro atoms. The Labute approximate surface area is 183 Å². The predicted molar refractivity (Wildman–Crippen MR) is 117 cm³/mol. The lowest BCUT2D eigenvalue weighted by atomic mass is 10.1. The fourth-order valence-corrected chi connectivity index (χ4v) is 3.80. The van der Waals surface area contributed by atoms with E-state index in [-0.39, 0.29) is 11.8 Å². The number of amides is 2. The van der Waals surface area contributed by atoms with Crippen LogP contribution >= 0.6 is 0 Å². The minimum atomic E-state index is -0.506. The Morgan fingerprint density at radius 1 is 0.968 bits per heavy atom. The van der Waals surface area contributed by atoms with E-state index < -0.39 is 6.04 Å². The first-order valence-corrected chi connectivity index (χ1v) is 10.5. The highest BCUT2D eigenvalue weighted by molar-refractivity contribution is 5.88. The van der Waals surface area contributed by atoms with Gasteiger partial charge in [-0.3, -0.25) is 9.59 Å². The van der Waals surface area contributed by atoms with Crippen LogP contribution in [0, 0.1) is 0 Å². The van der Waals surface area contributed by atoms with Gasteiger partial charge in [0, 0.05) is 25.6 Å². The van der Waals surface area contributed by atoms with Gasteiger partial charge in [0.05, 0.1) is 21.3 Å². The minimum absolute atomic E-state index is 0.00326. The van der Waals surface area contributed by atoms with Crippen LogP contribution in [0.3, 0.4) is 0 Å². The number of carbonyl (C=O) groups excluding carboxylic acids is 2. The molecule has 1 aliphatic rings. The molecule has 1 N–H and O–H groups in total. The highest BCUT2D eigenvalue weighted by Gasteiger charge is 2.31. The van der Waals surface area contributed by atoms with E-state index in [1.165, 1.54) is 0 Å². The first kappa shape index (κ1) is 22.5. The molecule has 166 valence electrons. The first-order chi connectivity index (χ1) is 15.0. The molecule has 7 heteroatoms. The van der Waals surface area contributed by atoms with Gasteiger partial charge >= 0.3 is 0 Å². The summed E-state index contributed by atoms with van der Waals surface area (Å²) in [6.07, 6.45) is 2.74. The molecule has 2 aromatic rings. The summed E-state index contributed by atoms with van der Waals surface area (Å²) >= 11 is 0. The Kier molecular flexibility index (Phi) is 7.76. The van der Waals surface area contributed by atoms with Gasteiger partial charge < -0.3 is 24.4 Å². The van der Waals surface area contributed by atoms with Crippen molar-refractivity contribution in [3.8, 4) is 17.2 Å². The van der Waals surface area contributed by atoms with Crippen LogP contribution in [0.4, 0.5) is 0 Å². The lowest BCUT2D eigenvalue weighted by molar-refractivity contribution is -0.140. The highest BCUT2D eigenvalue weighted by Crippen LogP contribution is 2.24. The molecule has 1 saturated heterocycles. The van der Waals surface area contributed by atoms with Crippen molar-refractivity contribution in [3.05, 3.63) is 53.6 Å². The summed E-state index contributed by atoms with van der Waals surface area (Å²) < 4.78 is 15.9. The number of benzene rings is 2. The largest absolute Gasteiger partial charge is 0.497 e. The molecule has 2 aromatic carbocycles. The van der Waals surface area contributed by atoms with Gasteiger partial charge in [0.15, 0.2) is 0 Å². The second kappa shape index (κ2) is 10.7. The number of nitrogens with one attached hydrogen (secondary N) is 1. The van der Waals surface area contributed by atoms with Crippen LogP contribution in [-0.4, -0.2) is 44.1 Å². The van der Waals surface area contributed by atoms with Gasteiger partial charge in [-0.25, -0.2) is 0 Å². The Balaban J connectivity index is 1.74. The van der Waals surface area contributed by atoms with Crippen LogP contribution in [0.5, 0.6) is 17.2 Å². The van der Waals surface area contributed by atoms with Gasteiger partial charge in [0.1, 0.15) is 23.3 Å². The second-order valence-electron chi connectivity index (χ2n) is 7.57. The Hall–Kier alpha value is -3.22. The van der Waals surface area contributed by atoms with Crippen molar-refractivity contribution in [1.82, 2.24) is 10.2 Å². The van der Waals surface area contributed by atoms with E-state index in [4.69, 9.17) is 14.2 Å². The average Bonchev–Trinajstić information content (AvgIpc) is 2.98. The Bertz CT molecular complexity index is 892. The van der Waals surface area contributed by atoms with Crippen LogP contribution in [0.2, 0.25) is 0 Å². The third-order valence-corrected chi connectivity index (χ3v) is 5.48. The van der Waals surface area contributed by atoms with Crippen LogP contribution in [0.1, 0.15) is 36.8 Å². The number of nitrogens with zero attached hydrogens (tertiary/aromatic N) is 1. The number of hydrogen-bond donors (Lipinski definition) is 1. The summed E-state index contributed by atoms with van der Waals surface area (Å²) in [5, 5.41) is 2.99. The molecule has 7 nitrogen and oxygen atoms in total. The topological polar surface area (TPSA) is 77.1 Å². The van der Waals surface area contributed by atoms with Crippen molar-refractivity contribution in [2.75, 3.05) is 21.3 Å². The van der Waals surface area contributed by atoms with Gasteiger partial charge in [-0.2, -0.15) is 0 Å². The monoisotopic (exact) mass is 426 g/mol. The van der Waals surface area contributed by atoms with Gasteiger partial charge in [0.2, 0.25) is 11.8 Å². The molecule has 0 aliphatic carbocycles. The van der Waals surface area contributed by atoms with Crippen molar-refractivity contribution in [3.63, 3.8) is 0 Å². The SMILES string of the molecule is COc1cccc(CN2C(=O)CCCCC2C(=O)NCc2cc(OC)cc(OC)c2)c1. The zero-order valence-electron chi connectivity index (χ0n) is 18.3. The normalized spacial score (nSPS) is 16.4. The molecule has 2 amide bonds. The van der Waals surface area contributed by atoms with Crippen molar-refractivity contribution in [1.29, 1.82) is 0 Å². The molecule has 1 heterocycles. The van der Waals surface area contributed by atoms with Crippen molar-refractivity contribution < 1.29 is 23.8 Å². The maximum absolute atomic E-state index is 13.1. The fraction of sp³-hybridized carbons (Fsp3) is 0.417. The molecule has 0 aromatic heterocycles. The standard InChI is InChI=1S/C24H30N2O5/c1-29-19-8-6-7-17(11-19)16-26-22(9-4-5-10-23(26)27)24(28)25-15-18-12-20(30-2)14-21(13-18)31-3/h6-8,11-14,22H,4-5,9-10,15-16H2,1-3H3,(H,25,28). The lowest BCUT2D eigenvalue weighted by Gasteiger charge is -2.29. The number of hydrogen-bond acceptors (Lipinski definition) is 5. The van der Waals surface area contributed by atoms with E-state index in [2.05, 4.69) is 5.32 Å². The number of ether oxygens (including phenoxy) is 3. The van der Waals surface area contributed by atoms with Crippen LogP contribution < -0.4 is 19.5 Å². The van der Waals surface area contributed by atoms with E-state index in [9.17, 15) is 9.59 Å². The van der Waals surface area contributed by atoms with Gasteiger partial charge in [-0.15, -0.1) is 0 Å². The quantitative estimate of drug-likeness (QED) is 0.701. The third-order valence-electron chi connectivity index (χ3n) is 5.48. The number of carbonyl (C=O) groups is 2. The second-order valence-corrected chi connectivity index (χ2v) is 7.57. The molecule has 1 unspecified atom stereocenters. The summed E-state index contributed by atoms with van der Waals surface area (Å²) in [5.41, 5.74) is 1.80. The van der Waals surface area contributed by atoms with Crippen molar-refractivity contribution >= 4 is 11.8 Å². The molecule has 31 heavy (non-hydrogen) atoms. The highest BCUT2D eigenvalue weighted by atomic mass is 16.5. The summed E-state index contributed by atoms with van der Waals surface area (Å²) in [6.45, 7) is 0.700. The van der Waals surface area contributed by atoms with Crippen molar-refractivity contribution in [2.24, 2.45) is 0 Å². The maximum atomic E-state index is 13.1. The predicted octanol–water partition coefficient (Wildman–Crippen LogP) is 3.30. The molecule has 3 rings (SSSR count). The zero-order chi connectivity index (χ0) is 22.2. The van der Waals surface area contributed by atoms with E-state index in [0.29, 0.717) is 37.4 Å². The van der Waals surface area contributed by atoms with Gasteiger partial charge in [-0.05, 0) is 48.2 Å². The molecule has 1 aliphatic heterocycles. The van der Waals surface area contributed by atoms with Crippen LogP contribution in [0.15, 0.2) is 42.5 Å².